The highest BCUT2D eigenvalue weighted by Gasteiger charge is 2.04. The van der Waals surface area contributed by atoms with Gasteiger partial charge in [0.25, 0.3) is 5.56 Å². The maximum Gasteiger partial charge on any atom is 0.258 e. The van der Waals surface area contributed by atoms with Gasteiger partial charge in [0.15, 0.2) is 5.65 Å². The topological polar surface area (TPSA) is 78.6 Å². The maximum absolute atomic E-state index is 11.3. The number of aromatic nitrogens is 6. The summed E-state index contributed by atoms with van der Waals surface area (Å²) in [6.07, 6.45) is 10.1. The minimum absolute atomic E-state index is 0.0376. The molecule has 8 nitrogen and oxygen atoms in total. The fourth-order valence-electron chi connectivity index (χ4n) is 2.40. The van der Waals surface area contributed by atoms with Gasteiger partial charge in [-0.3, -0.25) is 18.7 Å². The Hall–Kier alpha value is -3.16. The lowest BCUT2D eigenvalue weighted by Gasteiger charge is -2.10. The molecule has 4 rings (SSSR count). The van der Waals surface area contributed by atoms with E-state index in [1.807, 2.05) is 25.5 Å². The van der Waals surface area contributed by atoms with E-state index in [1.54, 1.807) is 56.8 Å². The summed E-state index contributed by atoms with van der Waals surface area (Å²) < 4.78 is 6.99. The van der Waals surface area contributed by atoms with E-state index in [0.29, 0.717) is 17.5 Å². The van der Waals surface area contributed by atoms with E-state index in [0.717, 1.165) is 0 Å². The summed E-state index contributed by atoms with van der Waals surface area (Å²) >= 11 is 0. The Morgan fingerprint density at radius 1 is 0.923 bits per heavy atom. The normalized spacial score (nSPS) is 10.4. The van der Waals surface area contributed by atoms with Gasteiger partial charge < -0.3 is 4.57 Å². The monoisotopic (exact) mass is 356 g/mol. The van der Waals surface area contributed by atoms with Crippen molar-refractivity contribution in [2.45, 2.75) is 33.7 Å². The third-order valence-electron chi connectivity index (χ3n) is 3.65. The minimum atomic E-state index is -0.0481. The van der Waals surface area contributed by atoms with Crippen LogP contribution in [0.5, 0.6) is 0 Å². The molecule has 0 spiro atoms. The minimum Gasteiger partial charge on any atom is -0.316 e. The molecular weight excluding hydrogens is 332 g/mol. The third kappa shape index (κ3) is 3.74. The fourth-order valence-corrected chi connectivity index (χ4v) is 2.40. The molecule has 0 aliphatic carbocycles. The van der Waals surface area contributed by atoms with E-state index >= 15 is 0 Å². The molecule has 138 valence electrons. The Morgan fingerprint density at radius 2 is 1.62 bits per heavy atom. The van der Waals surface area contributed by atoms with Crippen molar-refractivity contribution in [1.29, 1.82) is 0 Å². The van der Waals surface area contributed by atoms with Gasteiger partial charge in [0, 0.05) is 62.4 Å². The molecule has 0 bridgehead atoms. The lowest BCUT2D eigenvalue weighted by atomic mass is 10.4. The van der Waals surface area contributed by atoms with E-state index < -0.39 is 0 Å². The maximum atomic E-state index is 11.3. The van der Waals surface area contributed by atoms with Crippen LogP contribution in [-0.4, -0.2) is 28.1 Å². The van der Waals surface area contributed by atoms with Crippen LogP contribution in [0.2, 0.25) is 0 Å². The molecule has 8 heteroatoms. The van der Waals surface area contributed by atoms with Crippen LogP contribution in [0.3, 0.4) is 0 Å². The average molecular weight is 356 g/mol. The van der Waals surface area contributed by atoms with Crippen molar-refractivity contribution in [2.24, 2.45) is 7.05 Å². The quantitative estimate of drug-likeness (QED) is 0.523. The van der Waals surface area contributed by atoms with Crippen LogP contribution >= 0.6 is 0 Å². The van der Waals surface area contributed by atoms with Crippen molar-refractivity contribution in [3.05, 3.63) is 69.9 Å². The van der Waals surface area contributed by atoms with Crippen molar-refractivity contribution in [3.8, 4) is 0 Å². The first-order valence-corrected chi connectivity index (χ1v) is 8.52. The van der Waals surface area contributed by atoms with Gasteiger partial charge in [-0.05, 0) is 13.8 Å². The van der Waals surface area contributed by atoms with Crippen LogP contribution in [0, 0.1) is 0 Å². The highest BCUT2D eigenvalue weighted by molar-refractivity contribution is 5.35. The lowest BCUT2D eigenvalue weighted by Crippen LogP contribution is -2.16. The zero-order valence-electron chi connectivity index (χ0n) is 15.7. The van der Waals surface area contributed by atoms with E-state index in [2.05, 4.69) is 23.8 Å². The molecule has 4 aromatic rings. The predicted octanol–water partition coefficient (Wildman–Crippen LogP) is 2.14. The number of fused-ring (bicyclic) bond motifs is 2. The number of hydrogen-bond donors (Lipinski definition) is 0. The number of imidazole rings is 2. The van der Waals surface area contributed by atoms with Crippen molar-refractivity contribution in [2.75, 3.05) is 0 Å². The van der Waals surface area contributed by atoms with Crippen LogP contribution in [0.1, 0.15) is 33.7 Å². The molecule has 0 saturated heterocycles. The summed E-state index contributed by atoms with van der Waals surface area (Å²) in [5.41, 5.74) is 0.382. The molecule has 0 aromatic carbocycles. The average Bonchev–Trinajstić information content (AvgIpc) is 3.31. The highest BCUT2D eigenvalue weighted by atomic mass is 16.1. The number of hydrogen-bond acceptors (Lipinski definition) is 4. The van der Waals surface area contributed by atoms with Gasteiger partial charge in [-0.1, -0.05) is 13.8 Å². The summed E-state index contributed by atoms with van der Waals surface area (Å²) in [4.78, 5) is 30.5. The summed E-state index contributed by atoms with van der Waals surface area (Å²) in [6.45, 7) is 8.11. The molecular formula is C18H24N6O2. The molecule has 0 atom stereocenters. The Labute approximate surface area is 151 Å². The Balaban J connectivity index is 0.000000173. The summed E-state index contributed by atoms with van der Waals surface area (Å²) in [6, 6.07) is 3.36. The van der Waals surface area contributed by atoms with Gasteiger partial charge in [0.1, 0.15) is 0 Å². The van der Waals surface area contributed by atoms with E-state index in [4.69, 9.17) is 0 Å². The number of nitrogens with zero attached hydrogens (tertiary/aromatic N) is 6. The fraction of sp³-hybridized carbons (Fsp3) is 0.333. The third-order valence-corrected chi connectivity index (χ3v) is 3.65. The number of rotatable bonds is 1. The predicted molar refractivity (Wildman–Crippen MR) is 102 cm³/mol. The molecule has 4 aromatic heterocycles. The van der Waals surface area contributed by atoms with Crippen LogP contribution in [0.15, 0.2) is 58.9 Å². The van der Waals surface area contributed by atoms with E-state index in [9.17, 15) is 9.59 Å². The van der Waals surface area contributed by atoms with Crippen molar-refractivity contribution < 1.29 is 0 Å². The van der Waals surface area contributed by atoms with Crippen molar-refractivity contribution in [3.63, 3.8) is 0 Å². The second-order valence-corrected chi connectivity index (χ2v) is 5.60. The second kappa shape index (κ2) is 8.28. The summed E-state index contributed by atoms with van der Waals surface area (Å²) in [5.74, 6) is 0.697. The second-order valence-electron chi connectivity index (χ2n) is 5.60. The molecule has 0 N–H and O–H groups in total. The van der Waals surface area contributed by atoms with Gasteiger partial charge in [-0.15, -0.1) is 0 Å². The van der Waals surface area contributed by atoms with E-state index in [-0.39, 0.29) is 11.0 Å². The zero-order valence-corrected chi connectivity index (χ0v) is 15.7. The van der Waals surface area contributed by atoms with E-state index in [1.165, 1.54) is 6.07 Å². The smallest absolute Gasteiger partial charge is 0.258 e. The lowest BCUT2D eigenvalue weighted by molar-refractivity contribution is 0.599. The highest BCUT2D eigenvalue weighted by Crippen LogP contribution is 2.06. The van der Waals surface area contributed by atoms with Gasteiger partial charge in [-0.2, -0.15) is 0 Å². The molecule has 0 saturated carbocycles. The molecule has 0 radical (unpaired) electrons. The Kier molecular flexibility index (Phi) is 6.11. The van der Waals surface area contributed by atoms with Gasteiger partial charge in [0.2, 0.25) is 11.2 Å². The first-order chi connectivity index (χ1) is 12.5. The van der Waals surface area contributed by atoms with Gasteiger partial charge >= 0.3 is 0 Å². The number of aryl methyl sites for hydroxylation is 1. The SMILES string of the molecule is CC.CC(C)n1ccc(=O)n2ccnc12.Cn1ccc(=O)c2nccn21. The Bertz CT molecular complexity index is 1100. The van der Waals surface area contributed by atoms with Crippen LogP contribution < -0.4 is 11.0 Å². The molecule has 0 amide bonds. The first kappa shape index (κ1) is 19.2. The molecule has 0 fully saturated rings. The van der Waals surface area contributed by atoms with Crippen LogP contribution in [-0.2, 0) is 7.05 Å². The van der Waals surface area contributed by atoms with Crippen LogP contribution in [0.25, 0.3) is 11.4 Å². The Morgan fingerprint density at radius 3 is 2.27 bits per heavy atom. The van der Waals surface area contributed by atoms with Gasteiger partial charge in [-0.25, -0.2) is 14.5 Å². The molecule has 26 heavy (non-hydrogen) atoms. The standard InChI is InChI=1S/C9H11N3O.C7H7N3O.C2H6/c1-7(2)11-5-3-8(13)12-6-4-10-9(11)12;1-9-4-2-6(11)7-8-3-5-10(7)9;1-2/h3-7H,1-2H3;2-5H,1H3;1-2H3. The molecule has 0 aliphatic rings. The van der Waals surface area contributed by atoms with Gasteiger partial charge in [0.05, 0.1) is 0 Å². The molecule has 0 aliphatic heterocycles. The molecule has 4 heterocycles. The van der Waals surface area contributed by atoms with Crippen LogP contribution in [0.4, 0.5) is 0 Å². The first-order valence-electron chi connectivity index (χ1n) is 8.52. The zero-order chi connectivity index (χ0) is 19.3. The summed E-state index contributed by atoms with van der Waals surface area (Å²) in [7, 11) is 1.86. The van der Waals surface area contributed by atoms with Crippen molar-refractivity contribution in [1.82, 2.24) is 28.1 Å². The summed E-state index contributed by atoms with van der Waals surface area (Å²) in [5, 5.41) is 0. The molecule has 0 unspecified atom stereocenters. The largest absolute Gasteiger partial charge is 0.316 e. The van der Waals surface area contributed by atoms with Crippen molar-refractivity contribution >= 4 is 11.4 Å².